The first-order valence-electron chi connectivity index (χ1n) is 5.60. The molecule has 3 heterocycles. The van der Waals surface area contributed by atoms with Gasteiger partial charge in [0.25, 0.3) is 5.91 Å². The maximum absolute atomic E-state index is 12.2. The second-order valence-corrected chi connectivity index (χ2v) is 7.14. The Morgan fingerprint density at radius 2 is 2.37 bits per heavy atom. The van der Waals surface area contributed by atoms with Crippen molar-refractivity contribution in [2.24, 2.45) is 0 Å². The number of nitrogens with one attached hydrogen (secondary N) is 1. The highest BCUT2D eigenvalue weighted by Gasteiger charge is 2.25. The molecule has 0 saturated heterocycles. The third kappa shape index (κ3) is 2.17. The molecule has 2 aromatic rings. The molecule has 0 fully saturated rings. The molecule has 0 aromatic carbocycles. The normalized spacial score (nSPS) is 21.0. The van der Waals surface area contributed by atoms with Gasteiger partial charge in [0.2, 0.25) is 0 Å². The molecule has 1 amide bonds. The van der Waals surface area contributed by atoms with Gasteiger partial charge < -0.3 is 5.32 Å². The van der Waals surface area contributed by atoms with Crippen LogP contribution in [0.2, 0.25) is 0 Å². The van der Waals surface area contributed by atoms with Gasteiger partial charge in [-0.25, -0.2) is 13.4 Å². The minimum absolute atomic E-state index is 0.0800. The number of thiazole rings is 1. The van der Waals surface area contributed by atoms with Crippen LogP contribution in [-0.2, 0) is 9.84 Å². The molecule has 1 aliphatic heterocycles. The second-order valence-electron chi connectivity index (χ2n) is 4.34. The van der Waals surface area contributed by atoms with E-state index in [-0.39, 0.29) is 11.7 Å². The number of fused-ring (bicyclic) bond motifs is 1. The number of aromatic nitrogens is 2. The molecule has 3 rings (SSSR count). The summed E-state index contributed by atoms with van der Waals surface area (Å²) >= 11 is 1.44. The van der Waals surface area contributed by atoms with Crippen molar-refractivity contribution >= 4 is 32.0 Å². The molecule has 1 aliphatic rings. The summed E-state index contributed by atoms with van der Waals surface area (Å²) in [6.45, 7) is 1.76. The first kappa shape index (κ1) is 12.4. The van der Waals surface area contributed by atoms with Gasteiger partial charge in [-0.3, -0.25) is 9.20 Å². The molecule has 1 atom stereocenters. The molecular formula is C11H11N3O3S2. The van der Waals surface area contributed by atoms with Gasteiger partial charge in [0.05, 0.1) is 17.5 Å². The predicted molar refractivity (Wildman–Crippen MR) is 72.0 cm³/mol. The Labute approximate surface area is 113 Å². The number of aryl methyl sites for hydroxylation is 1. The fraction of sp³-hybridized carbons (Fsp3) is 0.273. The molecule has 0 spiro atoms. The number of sulfone groups is 1. The fourth-order valence-corrected chi connectivity index (χ4v) is 4.06. The quantitative estimate of drug-likeness (QED) is 0.886. The molecule has 100 valence electrons. The first-order chi connectivity index (χ1) is 8.96. The molecule has 8 heteroatoms. The highest BCUT2D eigenvalue weighted by molar-refractivity contribution is 7.94. The third-order valence-corrected chi connectivity index (χ3v) is 5.05. The highest BCUT2D eigenvalue weighted by Crippen LogP contribution is 2.17. The summed E-state index contributed by atoms with van der Waals surface area (Å²) in [6.07, 6.45) is 3.27. The van der Waals surface area contributed by atoms with E-state index in [9.17, 15) is 13.2 Å². The number of amides is 1. The van der Waals surface area contributed by atoms with E-state index in [1.807, 2.05) is 5.38 Å². The predicted octanol–water partition coefficient (Wildman–Crippen LogP) is 0.745. The monoisotopic (exact) mass is 297 g/mol. The number of carbonyl (C=O) groups excluding carboxylic acids is 1. The average molecular weight is 297 g/mol. The number of rotatable bonds is 2. The van der Waals surface area contributed by atoms with E-state index < -0.39 is 15.9 Å². The second kappa shape index (κ2) is 4.17. The van der Waals surface area contributed by atoms with Gasteiger partial charge in [0.15, 0.2) is 14.8 Å². The zero-order valence-corrected chi connectivity index (χ0v) is 11.7. The van der Waals surface area contributed by atoms with Gasteiger partial charge in [0, 0.05) is 17.0 Å². The molecule has 0 unspecified atom stereocenters. The number of carbonyl (C=O) groups is 1. The maximum atomic E-state index is 12.2. The number of imidazole rings is 1. The van der Waals surface area contributed by atoms with Gasteiger partial charge in [-0.15, -0.1) is 11.3 Å². The number of hydrogen-bond donors (Lipinski definition) is 1. The van der Waals surface area contributed by atoms with E-state index in [0.717, 1.165) is 10.4 Å². The summed E-state index contributed by atoms with van der Waals surface area (Å²) in [7, 11) is -3.17. The largest absolute Gasteiger partial charge is 0.343 e. The van der Waals surface area contributed by atoms with Crippen LogP contribution in [-0.4, -0.2) is 35.5 Å². The van der Waals surface area contributed by atoms with Crippen LogP contribution in [0, 0.1) is 6.92 Å². The van der Waals surface area contributed by atoms with Crippen molar-refractivity contribution in [1.82, 2.24) is 14.7 Å². The SMILES string of the molecule is Cc1nc2sccn2c1C(=O)N[C@H]1C=CS(=O)(=O)C1. The van der Waals surface area contributed by atoms with E-state index in [2.05, 4.69) is 10.3 Å². The Morgan fingerprint density at radius 1 is 1.58 bits per heavy atom. The molecule has 0 aliphatic carbocycles. The van der Waals surface area contributed by atoms with Crippen LogP contribution in [0.25, 0.3) is 4.96 Å². The Hall–Kier alpha value is -1.67. The molecule has 1 N–H and O–H groups in total. The third-order valence-electron chi connectivity index (χ3n) is 2.90. The smallest absolute Gasteiger partial charge is 0.270 e. The first-order valence-corrected chi connectivity index (χ1v) is 8.20. The lowest BCUT2D eigenvalue weighted by atomic mass is 10.3. The standard InChI is InChI=1S/C11H11N3O3S2/c1-7-9(14-3-4-18-11(14)12-7)10(15)13-8-2-5-19(16,17)6-8/h2-5,8H,6H2,1H3,(H,13,15)/t8-/m0/s1. The fourth-order valence-electron chi connectivity index (χ4n) is 2.07. The van der Waals surface area contributed by atoms with E-state index >= 15 is 0 Å². The summed E-state index contributed by atoms with van der Waals surface area (Å²) < 4.78 is 24.3. The molecular weight excluding hydrogens is 286 g/mol. The van der Waals surface area contributed by atoms with Crippen LogP contribution in [0.4, 0.5) is 0 Å². The van der Waals surface area contributed by atoms with Crippen molar-refractivity contribution in [3.63, 3.8) is 0 Å². The van der Waals surface area contributed by atoms with Crippen molar-refractivity contribution in [1.29, 1.82) is 0 Å². The lowest BCUT2D eigenvalue weighted by Crippen LogP contribution is -2.36. The molecule has 6 nitrogen and oxygen atoms in total. The molecule has 0 saturated carbocycles. The zero-order valence-electron chi connectivity index (χ0n) is 10.0. The van der Waals surface area contributed by atoms with Gasteiger partial charge in [0.1, 0.15) is 5.69 Å². The van der Waals surface area contributed by atoms with Crippen molar-refractivity contribution in [3.8, 4) is 0 Å². The Bertz CT molecular complexity index is 785. The van der Waals surface area contributed by atoms with Crippen LogP contribution in [0.1, 0.15) is 16.2 Å². The van der Waals surface area contributed by atoms with E-state index in [0.29, 0.717) is 11.4 Å². The summed E-state index contributed by atoms with van der Waals surface area (Å²) in [5.41, 5.74) is 1.09. The van der Waals surface area contributed by atoms with Crippen LogP contribution in [0.5, 0.6) is 0 Å². The topological polar surface area (TPSA) is 80.5 Å². The van der Waals surface area contributed by atoms with Gasteiger partial charge in [-0.1, -0.05) is 0 Å². The summed E-state index contributed by atoms with van der Waals surface area (Å²) in [4.78, 5) is 17.2. The van der Waals surface area contributed by atoms with Gasteiger partial charge in [-0.2, -0.15) is 0 Å². The molecule has 0 bridgehead atoms. The zero-order chi connectivity index (χ0) is 13.6. The lowest BCUT2D eigenvalue weighted by molar-refractivity contribution is 0.0941. The van der Waals surface area contributed by atoms with Crippen molar-refractivity contribution in [3.05, 3.63) is 34.4 Å². The number of hydrogen-bond acceptors (Lipinski definition) is 5. The molecule has 0 radical (unpaired) electrons. The minimum atomic E-state index is -3.17. The lowest BCUT2D eigenvalue weighted by Gasteiger charge is -2.09. The van der Waals surface area contributed by atoms with Gasteiger partial charge in [-0.05, 0) is 13.0 Å². The molecule has 2 aromatic heterocycles. The molecule has 19 heavy (non-hydrogen) atoms. The Morgan fingerprint density at radius 3 is 3.05 bits per heavy atom. The van der Waals surface area contributed by atoms with E-state index in [1.165, 1.54) is 17.4 Å². The van der Waals surface area contributed by atoms with Crippen molar-refractivity contribution in [2.75, 3.05) is 5.75 Å². The minimum Gasteiger partial charge on any atom is -0.343 e. The number of nitrogens with zero attached hydrogens (tertiary/aromatic N) is 2. The maximum Gasteiger partial charge on any atom is 0.270 e. The van der Waals surface area contributed by atoms with Crippen molar-refractivity contribution < 1.29 is 13.2 Å². The summed E-state index contributed by atoms with van der Waals surface area (Å²) in [5.74, 6) is -0.390. The van der Waals surface area contributed by atoms with Crippen LogP contribution < -0.4 is 5.32 Å². The van der Waals surface area contributed by atoms with Gasteiger partial charge >= 0.3 is 0 Å². The Balaban J connectivity index is 1.87. The van der Waals surface area contributed by atoms with Crippen LogP contribution in [0.3, 0.4) is 0 Å². The summed E-state index contributed by atoms with van der Waals surface area (Å²) in [5, 5.41) is 5.68. The Kier molecular flexibility index (Phi) is 2.72. The summed E-state index contributed by atoms with van der Waals surface area (Å²) in [6, 6.07) is -0.471. The van der Waals surface area contributed by atoms with Crippen LogP contribution in [0.15, 0.2) is 23.1 Å². The van der Waals surface area contributed by atoms with E-state index in [1.54, 1.807) is 17.5 Å². The highest BCUT2D eigenvalue weighted by atomic mass is 32.2. The van der Waals surface area contributed by atoms with Crippen LogP contribution >= 0.6 is 11.3 Å². The van der Waals surface area contributed by atoms with E-state index in [4.69, 9.17) is 0 Å². The average Bonchev–Trinajstić information content (AvgIpc) is 2.92. The van der Waals surface area contributed by atoms with Crippen molar-refractivity contribution in [2.45, 2.75) is 13.0 Å².